The molecule has 0 aliphatic rings. The molecule has 0 saturated heterocycles. The predicted octanol–water partition coefficient (Wildman–Crippen LogP) is 4.73. The van der Waals surface area contributed by atoms with Crippen molar-refractivity contribution in [1.82, 2.24) is 5.32 Å². The zero-order valence-corrected chi connectivity index (χ0v) is 12.3. The van der Waals surface area contributed by atoms with Gasteiger partial charge in [-0.25, -0.2) is 0 Å². The molecule has 0 radical (unpaired) electrons. The van der Waals surface area contributed by atoms with Crippen LogP contribution in [-0.4, -0.2) is 12.3 Å². The van der Waals surface area contributed by atoms with Gasteiger partial charge in [0.25, 0.3) is 0 Å². The van der Waals surface area contributed by atoms with Crippen LogP contribution >= 0.6 is 23.4 Å². The van der Waals surface area contributed by atoms with Gasteiger partial charge in [-0.15, -0.1) is 11.8 Å². The Morgan fingerprint density at radius 3 is 2.76 bits per heavy atom. The Morgan fingerprint density at radius 1 is 1.24 bits per heavy atom. The number of unbranched alkanes of at least 4 members (excludes halogenated alkanes) is 1. The summed E-state index contributed by atoms with van der Waals surface area (Å²) in [5, 5.41) is 4.33. The van der Waals surface area contributed by atoms with Crippen molar-refractivity contribution < 1.29 is 0 Å². The topological polar surface area (TPSA) is 12.0 Å². The summed E-state index contributed by atoms with van der Waals surface area (Å²) < 4.78 is 0. The van der Waals surface area contributed by atoms with Crippen molar-refractivity contribution in [2.45, 2.75) is 44.6 Å². The van der Waals surface area contributed by atoms with Gasteiger partial charge in [-0.3, -0.25) is 0 Å². The minimum absolute atomic E-state index is 0.891. The molecule has 96 valence electrons. The van der Waals surface area contributed by atoms with Gasteiger partial charge in [0.1, 0.15) is 0 Å². The number of rotatable bonds is 8. The molecule has 1 aromatic rings. The molecule has 0 fully saturated rings. The van der Waals surface area contributed by atoms with E-state index in [0.717, 1.165) is 23.9 Å². The Bertz CT molecular complexity index is 328. The Labute approximate surface area is 114 Å². The average Bonchev–Trinajstić information content (AvgIpc) is 2.33. The smallest absolute Gasteiger partial charge is 0.0545 e. The van der Waals surface area contributed by atoms with Gasteiger partial charge in [-0.2, -0.15) is 0 Å². The first-order valence-electron chi connectivity index (χ1n) is 6.40. The fourth-order valence-corrected chi connectivity index (χ4v) is 3.10. The number of thioether (sulfide) groups is 1. The van der Waals surface area contributed by atoms with E-state index in [0.29, 0.717) is 0 Å². The summed E-state index contributed by atoms with van der Waals surface area (Å²) >= 11 is 8.16. The standard InChI is InChI=1S/C14H22ClNS/c1-3-5-10-17-14-12(11-16-9-4-2)7-6-8-13(14)15/h6-8,16H,3-5,9-11H2,1-2H3. The molecule has 1 rings (SSSR count). The Balaban J connectivity index is 2.63. The molecule has 1 nitrogen and oxygen atoms in total. The van der Waals surface area contributed by atoms with Gasteiger partial charge in [-0.1, -0.05) is 44.0 Å². The fourth-order valence-electron chi connectivity index (χ4n) is 1.57. The first-order chi connectivity index (χ1) is 8.29. The van der Waals surface area contributed by atoms with Crippen LogP contribution in [0.5, 0.6) is 0 Å². The molecule has 0 aromatic heterocycles. The van der Waals surface area contributed by atoms with Crippen molar-refractivity contribution in [1.29, 1.82) is 0 Å². The van der Waals surface area contributed by atoms with Crippen molar-refractivity contribution in [3.63, 3.8) is 0 Å². The van der Waals surface area contributed by atoms with E-state index in [1.165, 1.54) is 29.7 Å². The monoisotopic (exact) mass is 271 g/mol. The van der Waals surface area contributed by atoms with Crippen LogP contribution in [-0.2, 0) is 6.54 Å². The molecule has 0 heterocycles. The van der Waals surface area contributed by atoms with E-state index in [1.807, 2.05) is 23.9 Å². The molecular formula is C14H22ClNS. The first kappa shape index (κ1) is 14.9. The highest BCUT2D eigenvalue weighted by Gasteiger charge is 2.06. The maximum absolute atomic E-state index is 6.27. The van der Waals surface area contributed by atoms with Gasteiger partial charge in [0, 0.05) is 11.4 Å². The molecular weight excluding hydrogens is 250 g/mol. The Kier molecular flexibility index (Phi) is 7.74. The third-order valence-corrected chi connectivity index (χ3v) is 4.23. The number of benzene rings is 1. The van der Waals surface area contributed by atoms with Gasteiger partial charge in [0.2, 0.25) is 0 Å². The Hall–Kier alpha value is -0.180. The lowest BCUT2D eigenvalue weighted by Gasteiger charge is -2.11. The van der Waals surface area contributed by atoms with Crippen LogP contribution in [0.3, 0.4) is 0 Å². The summed E-state index contributed by atoms with van der Waals surface area (Å²) in [5.41, 5.74) is 1.33. The highest BCUT2D eigenvalue weighted by Crippen LogP contribution is 2.31. The lowest BCUT2D eigenvalue weighted by atomic mass is 10.2. The van der Waals surface area contributed by atoms with Gasteiger partial charge in [0.05, 0.1) is 5.02 Å². The number of hydrogen-bond donors (Lipinski definition) is 1. The first-order valence-corrected chi connectivity index (χ1v) is 7.76. The van der Waals surface area contributed by atoms with E-state index in [4.69, 9.17) is 11.6 Å². The van der Waals surface area contributed by atoms with Crippen LogP contribution in [0, 0.1) is 0 Å². The lowest BCUT2D eigenvalue weighted by molar-refractivity contribution is 0.669. The zero-order chi connectivity index (χ0) is 12.5. The number of nitrogens with one attached hydrogen (secondary N) is 1. The molecule has 0 atom stereocenters. The molecule has 0 unspecified atom stereocenters. The molecule has 0 saturated carbocycles. The average molecular weight is 272 g/mol. The highest BCUT2D eigenvalue weighted by molar-refractivity contribution is 7.99. The molecule has 1 aromatic carbocycles. The van der Waals surface area contributed by atoms with Crippen molar-refractivity contribution in [2.24, 2.45) is 0 Å². The van der Waals surface area contributed by atoms with E-state index in [9.17, 15) is 0 Å². The van der Waals surface area contributed by atoms with Crippen LogP contribution in [0.1, 0.15) is 38.7 Å². The largest absolute Gasteiger partial charge is 0.313 e. The van der Waals surface area contributed by atoms with Crippen LogP contribution in [0.4, 0.5) is 0 Å². The molecule has 1 N–H and O–H groups in total. The number of hydrogen-bond acceptors (Lipinski definition) is 2. The molecule has 0 aliphatic heterocycles. The molecule has 17 heavy (non-hydrogen) atoms. The second-order valence-electron chi connectivity index (χ2n) is 4.11. The molecule has 0 aliphatic carbocycles. The van der Waals surface area contributed by atoms with E-state index < -0.39 is 0 Å². The van der Waals surface area contributed by atoms with E-state index >= 15 is 0 Å². The highest BCUT2D eigenvalue weighted by atomic mass is 35.5. The van der Waals surface area contributed by atoms with Crippen LogP contribution < -0.4 is 5.32 Å². The summed E-state index contributed by atoms with van der Waals surface area (Å²) in [7, 11) is 0. The van der Waals surface area contributed by atoms with Gasteiger partial charge in [0.15, 0.2) is 0 Å². The second-order valence-corrected chi connectivity index (χ2v) is 5.62. The van der Waals surface area contributed by atoms with Gasteiger partial charge >= 0.3 is 0 Å². The van der Waals surface area contributed by atoms with Gasteiger partial charge < -0.3 is 5.32 Å². The van der Waals surface area contributed by atoms with Crippen molar-refractivity contribution >= 4 is 23.4 Å². The summed E-state index contributed by atoms with van der Waals surface area (Å²) in [4.78, 5) is 1.26. The summed E-state index contributed by atoms with van der Waals surface area (Å²) in [6.07, 6.45) is 3.65. The maximum Gasteiger partial charge on any atom is 0.0545 e. The normalized spacial score (nSPS) is 10.8. The van der Waals surface area contributed by atoms with Crippen LogP contribution in [0.25, 0.3) is 0 Å². The summed E-state index contributed by atoms with van der Waals surface area (Å²) in [5.74, 6) is 1.15. The minimum Gasteiger partial charge on any atom is -0.313 e. The quantitative estimate of drug-likeness (QED) is 0.542. The van der Waals surface area contributed by atoms with Gasteiger partial charge in [-0.05, 0) is 36.8 Å². The minimum atomic E-state index is 0.891. The van der Waals surface area contributed by atoms with E-state index in [2.05, 4.69) is 25.2 Å². The predicted molar refractivity (Wildman–Crippen MR) is 79.1 cm³/mol. The zero-order valence-electron chi connectivity index (χ0n) is 10.8. The van der Waals surface area contributed by atoms with E-state index in [1.54, 1.807) is 0 Å². The van der Waals surface area contributed by atoms with Crippen molar-refractivity contribution in [2.75, 3.05) is 12.3 Å². The summed E-state index contributed by atoms with van der Waals surface area (Å²) in [6.45, 7) is 6.38. The van der Waals surface area contributed by atoms with Crippen LogP contribution in [0.15, 0.2) is 23.1 Å². The SMILES string of the molecule is CCCCSc1c(Cl)cccc1CNCCC. The molecule has 0 bridgehead atoms. The Morgan fingerprint density at radius 2 is 2.06 bits per heavy atom. The lowest BCUT2D eigenvalue weighted by Crippen LogP contribution is -2.14. The number of halogens is 1. The molecule has 0 spiro atoms. The third kappa shape index (κ3) is 5.33. The molecule has 3 heteroatoms. The van der Waals surface area contributed by atoms with Crippen molar-refractivity contribution in [3.05, 3.63) is 28.8 Å². The second kappa shape index (κ2) is 8.84. The summed E-state index contributed by atoms with van der Waals surface area (Å²) in [6, 6.07) is 6.19. The van der Waals surface area contributed by atoms with Crippen LogP contribution in [0.2, 0.25) is 5.02 Å². The van der Waals surface area contributed by atoms with Crippen molar-refractivity contribution in [3.8, 4) is 0 Å². The van der Waals surface area contributed by atoms with E-state index in [-0.39, 0.29) is 0 Å². The molecule has 0 amide bonds. The maximum atomic E-state index is 6.27. The fraction of sp³-hybridized carbons (Fsp3) is 0.571. The third-order valence-electron chi connectivity index (χ3n) is 2.54.